The number of benzene rings is 2. The van der Waals surface area contributed by atoms with Crippen LogP contribution in [-0.4, -0.2) is 61.1 Å². The number of piperazine rings is 1. The van der Waals surface area contributed by atoms with Gasteiger partial charge in [0.25, 0.3) is 0 Å². The van der Waals surface area contributed by atoms with Crippen LogP contribution in [0.25, 0.3) is 11.1 Å². The van der Waals surface area contributed by atoms with E-state index in [2.05, 4.69) is 11.0 Å². The summed E-state index contributed by atoms with van der Waals surface area (Å²) in [6, 6.07) is 17.3. The predicted molar refractivity (Wildman–Crippen MR) is 113 cm³/mol. The van der Waals surface area contributed by atoms with Crippen molar-refractivity contribution >= 4 is 5.91 Å². The van der Waals surface area contributed by atoms with Crippen LogP contribution in [0.2, 0.25) is 0 Å². The Kier molecular flexibility index (Phi) is 7.23. The predicted octanol–water partition coefficient (Wildman–Crippen LogP) is 2.49. The van der Waals surface area contributed by atoms with Crippen LogP contribution in [0.4, 0.5) is 0 Å². The number of nitriles is 1. The van der Waals surface area contributed by atoms with E-state index in [4.69, 9.17) is 15.7 Å². The van der Waals surface area contributed by atoms with Gasteiger partial charge in [-0.1, -0.05) is 24.3 Å². The van der Waals surface area contributed by atoms with Crippen LogP contribution < -0.4 is 10.5 Å². The molecule has 3 rings (SSSR count). The second kappa shape index (κ2) is 10.1. The highest BCUT2D eigenvalue weighted by molar-refractivity contribution is 5.81. The number of rotatable bonds is 7. The van der Waals surface area contributed by atoms with Crippen molar-refractivity contribution in [2.24, 2.45) is 5.73 Å². The van der Waals surface area contributed by atoms with Crippen molar-refractivity contribution in [2.45, 2.75) is 19.4 Å². The molecule has 1 saturated heterocycles. The van der Waals surface area contributed by atoms with Gasteiger partial charge in [-0.15, -0.1) is 0 Å². The molecule has 1 amide bonds. The Morgan fingerprint density at radius 2 is 1.66 bits per heavy atom. The maximum atomic E-state index is 11.9. The van der Waals surface area contributed by atoms with Gasteiger partial charge in [0.15, 0.2) is 0 Å². The van der Waals surface area contributed by atoms with Crippen LogP contribution in [-0.2, 0) is 4.79 Å². The zero-order valence-corrected chi connectivity index (χ0v) is 16.9. The second-order valence-electron chi connectivity index (χ2n) is 7.37. The lowest BCUT2D eigenvalue weighted by atomic mass is 10.0. The molecule has 29 heavy (non-hydrogen) atoms. The Morgan fingerprint density at radius 3 is 2.21 bits per heavy atom. The van der Waals surface area contributed by atoms with Crippen molar-refractivity contribution in [3.8, 4) is 22.9 Å². The maximum Gasteiger partial charge on any atom is 0.239 e. The van der Waals surface area contributed by atoms with Gasteiger partial charge in [0.1, 0.15) is 5.75 Å². The monoisotopic (exact) mass is 392 g/mol. The van der Waals surface area contributed by atoms with Crippen LogP contribution in [0.1, 0.15) is 18.9 Å². The summed E-state index contributed by atoms with van der Waals surface area (Å²) in [5.74, 6) is 0.896. The fourth-order valence-corrected chi connectivity index (χ4v) is 3.44. The van der Waals surface area contributed by atoms with Crippen molar-refractivity contribution in [3.05, 3.63) is 54.1 Å². The molecule has 0 spiro atoms. The van der Waals surface area contributed by atoms with Gasteiger partial charge in [-0.3, -0.25) is 9.69 Å². The van der Waals surface area contributed by atoms with E-state index in [-0.39, 0.29) is 5.91 Å². The van der Waals surface area contributed by atoms with Crippen molar-refractivity contribution < 1.29 is 9.53 Å². The molecule has 1 fully saturated rings. The fourth-order valence-electron chi connectivity index (χ4n) is 3.44. The lowest BCUT2D eigenvalue weighted by molar-refractivity contribution is -0.133. The molecular weight excluding hydrogens is 364 g/mol. The zero-order chi connectivity index (χ0) is 20.6. The number of carbonyl (C=O) groups is 1. The van der Waals surface area contributed by atoms with E-state index >= 15 is 0 Å². The van der Waals surface area contributed by atoms with Gasteiger partial charge in [-0.25, -0.2) is 0 Å². The van der Waals surface area contributed by atoms with Crippen LogP contribution in [0.5, 0.6) is 5.75 Å². The molecule has 1 heterocycles. The highest BCUT2D eigenvalue weighted by Crippen LogP contribution is 2.23. The van der Waals surface area contributed by atoms with E-state index in [1.807, 2.05) is 53.4 Å². The Hall–Kier alpha value is -2.88. The number of carbonyl (C=O) groups excluding carboxylic acids is 1. The van der Waals surface area contributed by atoms with Gasteiger partial charge in [0.2, 0.25) is 5.91 Å². The van der Waals surface area contributed by atoms with Gasteiger partial charge in [-0.05, 0) is 48.7 Å². The molecule has 2 N–H and O–H groups in total. The number of hydrogen-bond acceptors (Lipinski definition) is 5. The normalized spacial score (nSPS) is 15.6. The smallest absolute Gasteiger partial charge is 0.239 e. The molecule has 0 unspecified atom stereocenters. The fraction of sp³-hybridized carbons (Fsp3) is 0.391. The topological polar surface area (TPSA) is 82.6 Å². The molecule has 2 aromatic carbocycles. The summed E-state index contributed by atoms with van der Waals surface area (Å²) in [5.41, 5.74) is 8.52. The SMILES string of the molecule is C[C@@H](N)C(=O)N1CCN(CCCOc2ccc(-c3ccc(C#N)cc3)cc2)CC1. The molecule has 0 aromatic heterocycles. The minimum absolute atomic E-state index is 0.0393. The molecular formula is C23H28N4O2. The molecule has 0 aliphatic carbocycles. The minimum Gasteiger partial charge on any atom is -0.494 e. The molecule has 1 aliphatic heterocycles. The summed E-state index contributed by atoms with van der Waals surface area (Å²) < 4.78 is 5.86. The first-order chi connectivity index (χ1) is 14.1. The van der Waals surface area contributed by atoms with Crippen molar-refractivity contribution in [2.75, 3.05) is 39.3 Å². The van der Waals surface area contributed by atoms with E-state index in [0.717, 1.165) is 56.0 Å². The van der Waals surface area contributed by atoms with E-state index in [1.165, 1.54) is 0 Å². The summed E-state index contributed by atoms with van der Waals surface area (Å²) in [5, 5.41) is 8.89. The first-order valence-corrected chi connectivity index (χ1v) is 10.1. The van der Waals surface area contributed by atoms with Crippen LogP contribution in [0.15, 0.2) is 48.5 Å². The lowest BCUT2D eigenvalue weighted by Crippen LogP contribution is -2.52. The van der Waals surface area contributed by atoms with E-state index < -0.39 is 6.04 Å². The lowest BCUT2D eigenvalue weighted by Gasteiger charge is -2.35. The van der Waals surface area contributed by atoms with Gasteiger partial charge < -0.3 is 15.4 Å². The first-order valence-electron chi connectivity index (χ1n) is 10.1. The number of amides is 1. The third kappa shape index (κ3) is 5.80. The molecule has 152 valence electrons. The summed E-state index contributed by atoms with van der Waals surface area (Å²) >= 11 is 0. The highest BCUT2D eigenvalue weighted by atomic mass is 16.5. The van der Waals surface area contributed by atoms with Gasteiger partial charge in [0.05, 0.1) is 24.3 Å². The van der Waals surface area contributed by atoms with Crippen molar-refractivity contribution in [3.63, 3.8) is 0 Å². The van der Waals surface area contributed by atoms with Gasteiger partial charge in [0, 0.05) is 32.7 Å². The third-order valence-corrected chi connectivity index (χ3v) is 5.16. The Balaban J connectivity index is 1.38. The van der Waals surface area contributed by atoms with E-state index in [0.29, 0.717) is 12.2 Å². The average molecular weight is 393 g/mol. The summed E-state index contributed by atoms with van der Waals surface area (Å²) in [7, 11) is 0. The quantitative estimate of drug-likeness (QED) is 0.732. The average Bonchev–Trinajstić information content (AvgIpc) is 2.77. The standard InChI is InChI=1S/C23H28N4O2/c1-18(25)23(28)27-14-12-26(13-15-27)11-2-16-29-22-9-7-21(8-10-22)20-5-3-19(17-24)4-6-20/h3-10,18H,2,11-16,25H2,1H3/t18-/m1/s1. The number of nitrogens with zero attached hydrogens (tertiary/aromatic N) is 3. The molecule has 0 radical (unpaired) electrons. The zero-order valence-electron chi connectivity index (χ0n) is 16.9. The minimum atomic E-state index is -0.418. The maximum absolute atomic E-state index is 11.9. The van der Waals surface area contributed by atoms with E-state index in [1.54, 1.807) is 6.92 Å². The Bertz CT molecular complexity index is 833. The Morgan fingerprint density at radius 1 is 1.07 bits per heavy atom. The number of ether oxygens (including phenoxy) is 1. The summed E-state index contributed by atoms with van der Waals surface area (Å²) in [6.07, 6.45) is 0.943. The molecule has 1 aliphatic rings. The van der Waals surface area contributed by atoms with Crippen LogP contribution in [0, 0.1) is 11.3 Å². The second-order valence-corrected chi connectivity index (χ2v) is 7.37. The number of nitrogens with two attached hydrogens (primary N) is 1. The highest BCUT2D eigenvalue weighted by Gasteiger charge is 2.22. The third-order valence-electron chi connectivity index (χ3n) is 5.16. The van der Waals surface area contributed by atoms with Crippen LogP contribution in [0.3, 0.4) is 0 Å². The largest absolute Gasteiger partial charge is 0.494 e. The van der Waals surface area contributed by atoms with Crippen molar-refractivity contribution in [1.82, 2.24) is 9.80 Å². The summed E-state index contributed by atoms with van der Waals surface area (Å²) in [4.78, 5) is 16.1. The molecule has 2 aromatic rings. The molecule has 6 heteroatoms. The molecule has 0 bridgehead atoms. The van der Waals surface area contributed by atoms with Crippen molar-refractivity contribution in [1.29, 1.82) is 5.26 Å². The number of hydrogen-bond donors (Lipinski definition) is 1. The molecule has 1 atom stereocenters. The first kappa shape index (κ1) is 20.8. The van der Waals surface area contributed by atoms with Gasteiger partial charge >= 0.3 is 0 Å². The van der Waals surface area contributed by atoms with E-state index in [9.17, 15) is 4.79 Å². The van der Waals surface area contributed by atoms with Gasteiger partial charge in [-0.2, -0.15) is 5.26 Å². The molecule has 0 saturated carbocycles. The summed E-state index contributed by atoms with van der Waals surface area (Å²) in [6.45, 7) is 6.63. The Labute approximate surface area is 172 Å². The van der Waals surface area contributed by atoms with Crippen LogP contribution >= 0.6 is 0 Å². The molecule has 6 nitrogen and oxygen atoms in total.